The van der Waals surface area contributed by atoms with E-state index in [2.05, 4.69) is 5.32 Å². The number of nitrogens with zero attached hydrogens (tertiary/aromatic N) is 1. The van der Waals surface area contributed by atoms with Crippen LogP contribution in [0, 0.1) is 0 Å². The molecular formula is C12H24N2O3S. The molecule has 1 aliphatic rings. The predicted octanol–water partition coefficient (Wildman–Crippen LogP) is 0.409. The number of hydrogen-bond donors (Lipinski definition) is 1. The fourth-order valence-electron chi connectivity index (χ4n) is 2.50. The second kappa shape index (κ2) is 6.02. The van der Waals surface area contributed by atoms with Crippen molar-refractivity contribution in [2.75, 3.05) is 20.4 Å². The average molecular weight is 276 g/mol. The van der Waals surface area contributed by atoms with Gasteiger partial charge in [0.05, 0.1) is 11.3 Å². The standard InChI is InChI=1S/C12H24N2O3S/c1-9(12(15)14(2)3)13-10-6-5-7-11(8-10)18(4,16)17/h9-11,13H,5-8H2,1-4H3. The van der Waals surface area contributed by atoms with Gasteiger partial charge in [-0.1, -0.05) is 6.42 Å². The molecule has 0 aromatic carbocycles. The molecule has 0 spiro atoms. The molecule has 0 saturated heterocycles. The molecule has 1 fully saturated rings. The van der Waals surface area contributed by atoms with E-state index in [0.29, 0.717) is 6.42 Å². The van der Waals surface area contributed by atoms with Crippen LogP contribution in [-0.4, -0.2) is 56.9 Å². The van der Waals surface area contributed by atoms with E-state index < -0.39 is 9.84 Å². The van der Waals surface area contributed by atoms with Gasteiger partial charge in [0.15, 0.2) is 0 Å². The highest BCUT2D eigenvalue weighted by Crippen LogP contribution is 2.24. The summed E-state index contributed by atoms with van der Waals surface area (Å²) in [5, 5.41) is 2.99. The lowest BCUT2D eigenvalue weighted by Crippen LogP contribution is -2.48. The molecule has 1 amide bonds. The van der Waals surface area contributed by atoms with Gasteiger partial charge in [-0.2, -0.15) is 0 Å². The Bertz CT molecular complexity index is 392. The highest BCUT2D eigenvalue weighted by molar-refractivity contribution is 7.91. The first-order chi connectivity index (χ1) is 8.21. The van der Waals surface area contributed by atoms with Crippen molar-refractivity contribution in [1.82, 2.24) is 10.2 Å². The molecular weight excluding hydrogens is 252 g/mol. The number of likely N-dealkylation sites (N-methyl/N-ethyl adjacent to an activating group) is 1. The quantitative estimate of drug-likeness (QED) is 0.807. The molecule has 0 heterocycles. The van der Waals surface area contributed by atoms with Gasteiger partial charge in [0.1, 0.15) is 9.84 Å². The third kappa shape index (κ3) is 4.24. The summed E-state index contributed by atoms with van der Waals surface area (Å²) in [6.45, 7) is 1.83. The number of hydrogen-bond acceptors (Lipinski definition) is 4. The van der Waals surface area contributed by atoms with Crippen LogP contribution in [0.4, 0.5) is 0 Å². The minimum absolute atomic E-state index is 0.0245. The van der Waals surface area contributed by atoms with E-state index in [0.717, 1.165) is 19.3 Å². The summed E-state index contributed by atoms with van der Waals surface area (Å²) in [6.07, 6.45) is 4.50. The number of carbonyl (C=O) groups is 1. The van der Waals surface area contributed by atoms with E-state index in [9.17, 15) is 13.2 Å². The molecule has 0 bridgehead atoms. The summed E-state index contributed by atoms with van der Waals surface area (Å²) in [5.41, 5.74) is 0. The highest BCUT2D eigenvalue weighted by Gasteiger charge is 2.30. The van der Waals surface area contributed by atoms with Crippen molar-refractivity contribution < 1.29 is 13.2 Å². The first-order valence-electron chi connectivity index (χ1n) is 6.38. The zero-order valence-electron chi connectivity index (χ0n) is 11.6. The van der Waals surface area contributed by atoms with Crippen LogP contribution in [0.3, 0.4) is 0 Å². The van der Waals surface area contributed by atoms with Gasteiger partial charge in [0.25, 0.3) is 0 Å². The van der Waals surface area contributed by atoms with Crippen LogP contribution in [-0.2, 0) is 14.6 Å². The summed E-state index contributed by atoms with van der Waals surface area (Å²) in [4.78, 5) is 13.3. The molecule has 0 aromatic heterocycles. The fourth-order valence-corrected chi connectivity index (χ4v) is 3.67. The van der Waals surface area contributed by atoms with Gasteiger partial charge in [-0.3, -0.25) is 4.79 Å². The van der Waals surface area contributed by atoms with Crippen LogP contribution in [0.1, 0.15) is 32.6 Å². The molecule has 0 aliphatic heterocycles. The molecule has 0 aromatic rings. The Kier molecular flexibility index (Phi) is 5.16. The summed E-state index contributed by atoms with van der Waals surface area (Å²) >= 11 is 0. The van der Waals surface area contributed by atoms with Crippen LogP contribution in [0.5, 0.6) is 0 Å². The van der Waals surface area contributed by atoms with Gasteiger partial charge < -0.3 is 10.2 Å². The van der Waals surface area contributed by atoms with Crippen molar-refractivity contribution in [1.29, 1.82) is 0 Å². The van der Waals surface area contributed by atoms with Gasteiger partial charge in [0.2, 0.25) is 5.91 Å². The normalized spacial score (nSPS) is 26.7. The molecule has 106 valence electrons. The molecule has 6 heteroatoms. The summed E-state index contributed by atoms with van der Waals surface area (Å²) < 4.78 is 23.1. The maximum atomic E-state index is 11.7. The Morgan fingerprint density at radius 2 is 1.94 bits per heavy atom. The highest BCUT2D eigenvalue weighted by atomic mass is 32.2. The van der Waals surface area contributed by atoms with Crippen LogP contribution < -0.4 is 5.32 Å². The van der Waals surface area contributed by atoms with Gasteiger partial charge in [-0.15, -0.1) is 0 Å². The molecule has 0 radical (unpaired) electrons. The molecule has 1 rings (SSSR count). The second-order valence-corrected chi connectivity index (χ2v) is 7.76. The Morgan fingerprint density at radius 3 is 2.44 bits per heavy atom. The van der Waals surface area contributed by atoms with Crippen molar-refractivity contribution >= 4 is 15.7 Å². The largest absolute Gasteiger partial charge is 0.347 e. The van der Waals surface area contributed by atoms with Gasteiger partial charge in [-0.05, 0) is 26.2 Å². The fraction of sp³-hybridized carbons (Fsp3) is 0.917. The molecule has 1 aliphatic carbocycles. The molecule has 5 nitrogen and oxygen atoms in total. The summed E-state index contributed by atoms with van der Waals surface area (Å²) in [7, 11) is 0.479. The Labute approximate surface area is 110 Å². The van der Waals surface area contributed by atoms with E-state index in [-0.39, 0.29) is 23.2 Å². The van der Waals surface area contributed by atoms with Crippen molar-refractivity contribution in [3.63, 3.8) is 0 Å². The number of nitrogens with one attached hydrogen (secondary N) is 1. The predicted molar refractivity (Wildman–Crippen MR) is 72.2 cm³/mol. The Hall–Kier alpha value is -0.620. The van der Waals surface area contributed by atoms with Crippen LogP contribution in [0.2, 0.25) is 0 Å². The molecule has 3 atom stereocenters. The van der Waals surface area contributed by atoms with E-state index in [1.54, 1.807) is 19.0 Å². The topological polar surface area (TPSA) is 66.5 Å². The van der Waals surface area contributed by atoms with Crippen LogP contribution in [0.15, 0.2) is 0 Å². The van der Waals surface area contributed by atoms with Crippen LogP contribution in [0.25, 0.3) is 0 Å². The summed E-state index contributed by atoms with van der Waals surface area (Å²) in [5.74, 6) is 0.0245. The lowest BCUT2D eigenvalue weighted by atomic mass is 9.94. The number of amides is 1. The third-order valence-corrected chi connectivity index (χ3v) is 5.17. The first-order valence-corrected chi connectivity index (χ1v) is 8.33. The van der Waals surface area contributed by atoms with Crippen molar-refractivity contribution in [3.8, 4) is 0 Å². The number of carbonyl (C=O) groups excluding carboxylic acids is 1. The lowest BCUT2D eigenvalue weighted by Gasteiger charge is -2.31. The lowest BCUT2D eigenvalue weighted by molar-refractivity contribution is -0.130. The second-order valence-electron chi connectivity index (χ2n) is 5.44. The van der Waals surface area contributed by atoms with Crippen molar-refractivity contribution in [3.05, 3.63) is 0 Å². The number of sulfone groups is 1. The first kappa shape index (κ1) is 15.4. The smallest absolute Gasteiger partial charge is 0.238 e. The molecule has 3 unspecified atom stereocenters. The van der Waals surface area contributed by atoms with E-state index in [4.69, 9.17) is 0 Å². The number of rotatable bonds is 4. The van der Waals surface area contributed by atoms with E-state index in [1.165, 1.54) is 6.26 Å². The van der Waals surface area contributed by atoms with E-state index >= 15 is 0 Å². The van der Waals surface area contributed by atoms with Gasteiger partial charge in [0, 0.05) is 26.4 Å². The molecule has 1 N–H and O–H groups in total. The maximum Gasteiger partial charge on any atom is 0.238 e. The Balaban J connectivity index is 2.56. The molecule has 1 saturated carbocycles. The monoisotopic (exact) mass is 276 g/mol. The summed E-state index contributed by atoms with van der Waals surface area (Å²) in [6, 6.07) is -0.138. The molecule has 18 heavy (non-hydrogen) atoms. The van der Waals surface area contributed by atoms with Crippen molar-refractivity contribution in [2.24, 2.45) is 0 Å². The third-order valence-electron chi connectivity index (χ3n) is 3.53. The minimum atomic E-state index is -2.97. The zero-order valence-corrected chi connectivity index (χ0v) is 12.5. The Morgan fingerprint density at radius 1 is 1.33 bits per heavy atom. The minimum Gasteiger partial charge on any atom is -0.347 e. The average Bonchev–Trinajstić information content (AvgIpc) is 2.27. The van der Waals surface area contributed by atoms with Crippen LogP contribution >= 0.6 is 0 Å². The van der Waals surface area contributed by atoms with E-state index in [1.807, 2.05) is 6.92 Å². The van der Waals surface area contributed by atoms with Gasteiger partial charge in [-0.25, -0.2) is 8.42 Å². The maximum absolute atomic E-state index is 11.7. The van der Waals surface area contributed by atoms with Crippen molar-refractivity contribution in [2.45, 2.75) is 49.9 Å². The zero-order chi connectivity index (χ0) is 13.9. The van der Waals surface area contributed by atoms with Gasteiger partial charge >= 0.3 is 0 Å². The SMILES string of the molecule is CC(NC1CCCC(S(C)(=O)=O)C1)C(=O)N(C)C.